The zero-order valence-corrected chi connectivity index (χ0v) is 21.8. The second kappa shape index (κ2) is 9.76. The van der Waals surface area contributed by atoms with Gasteiger partial charge in [0.25, 0.3) is 0 Å². The minimum Gasteiger partial charge on any atom is -0.477 e. The van der Waals surface area contributed by atoms with Crippen molar-refractivity contribution in [1.82, 2.24) is 0 Å². The first-order chi connectivity index (χ1) is 17.0. The molecule has 0 radical (unpaired) electrons. The van der Waals surface area contributed by atoms with Gasteiger partial charge in [-0.3, -0.25) is 0 Å². The lowest BCUT2D eigenvalue weighted by molar-refractivity contribution is -0.140. The number of aliphatic carboxylic acids is 2. The van der Waals surface area contributed by atoms with Gasteiger partial charge in [-0.25, -0.2) is 9.59 Å². The first kappa shape index (κ1) is 25.4. The van der Waals surface area contributed by atoms with Crippen LogP contribution in [0.25, 0.3) is 6.08 Å². The Hall–Kier alpha value is -3.67. The van der Waals surface area contributed by atoms with Crippen molar-refractivity contribution in [2.45, 2.75) is 19.3 Å². The number of carboxylic acid groups (broad SMARTS) is 2. The Kier molecular flexibility index (Phi) is 6.90. The van der Waals surface area contributed by atoms with E-state index in [1.807, 2.05) is 49.5 Å². The molecule has 3 aromatic rings. The summed E-state index contributed by atoms with van der Waals surface area (Å²) in [7, 11) is 2.04. The number of fused-ring (bicyclic) bond motifs is 1. The maximum Gasteiger partial charge on any atom is 0.343 e. The van der Waals surface area contributed by atoms with Gasteiger partial charge in [-0.1, -0.05) is 74.5 Å². The van der Waals surface area contributed by atoms with Crippen molar-refractivity contribution < 1.29 is 24.3 Å². The fraction of sp³-hybridized carbons (Fsp3) is 0.143. The number of rotatable bonds is 7. The van der Waals surface area contributed by atoms with E-state index in [2.05, 4.69) is 36.7 Å². The fourth-order valence-electron chi connectivity index (χ4n) is 4.34. The summed E-state index contributed by atoms with van der Waals surface area (Å²) in [5.74, 6) is -0.408. The largest absolute Gasteiger partial charge is 0.477 e. The lowest BCUT2D eigenvalue weighted by Gasteiger charge is -2.28. The third-order valence-corrected chi connectivity index (χ3v) is 9.50. The van der Waals surface area contributed by atoms with Crippen LogP contribution in [0.15, 0.2) is 96.0 Å². The SMILES string of the molecule is CN1/C(=C/[P@](=S)(Oc2ccc(C=C(C(=O)O)C(=O)O)cc2)c2ccccc2)C(C)(C)c2ccccc21. The zero-order chi connectivity index (χ0) is 26.1. The first-order valence-corrected chi connectivity index (χ1v) is 14.0. The van der Waals surface area contributed by atoms with E-state index in [0.717, 1.165) is 22.8 Å². The number of benzene rings is 3. The minimum absolute atomic E-state index is 0.272. The second-order valence-electron chi connectivity index (χ2n) is 8.98. The summed E-state index contributed by atoms with van der Waals surface area (Å²) < 4.78 is 6.51. The van der Waals surface area contributed by atoms with E-state index in [1.165, 1.54) is 5.56 Å². The van der Waals surface area contributed by atoms with Crippen LogP contribution in [-0.4, -0.2) is 29.2 Å². The molecule has 0 spiro atoms. The van der Waals surface area contributed by atoms with Gasteiger partial charge in [0.1, 0.15) is 11.3 Å². The number of para-hydroxylation sites is 1. The normalized spacial score (nSPS) is 16.6. The number of allylic oxidation sites excluding steroid dienone is 1. The van der Waals surface area contributed by atoms with E-state index >= 15 is 0 Å². The fourth-order valence-corrected chi connectivity index (χ4v) is 7.41. The third-order valence-electron chi connectivity index (χ3n) is 6.24. The summed E-state index contributed by atoms with van der Waals surface area (Å²) >= 11 is 6.24. The molecule has 0 unspecified atom stereocenters. The molecule has 4 rings (SSSR count). The summed E-state index contributed by atoms with van der Waals surface area (Å²) in [6.07, 6.45) is -1.63. The predicted octanol–water partition coefficient (Wildman–Crippen LogP) is 5.61. The van der Waals surface area contributed by atoms with E-state index in [4.69, 9.17) is 26.5 Å². The van der Waals surface area contributed by atoms with Crippen molar-refractivity contribution in [3.05, 3.63) is 107 Å². The second-order valence-corrected chi connectivity index (χ2v) is 12.8. The van der Waals surface area contributed by atoms with Crippen molar-refractivity contribution in [1.29, 1.82) is 0 Å². The molecule has 0 amide bonds. The Balaban J connectivity index is 1.75. The van der Waals surface area contributed by atoms with Crippen LogP contribution < -0.4 is 14.7 Å². The highest BCUT2D eigenvalue weighted by Gasteiger charge is 2.40. The van der Waals surface area contributed by atoms with Crippen molar-refractivity contribution in [3.8, 4) is 5.75 Å². The lowest BCUT2D eigenvalue weighted by atomic mass is 9.84. The van der Waals surface area contributed by atoms with Crippen LogP contribution in [0.5, 0.6) is 5.75 Å². The topological polar surface area (TPSA) is 87.1 Å². The molecule has 1 aliphatic rings. The average Bonchev–Trinajstić information content (AvgIpc) is 3.04. The highest BCUT2D eigenvalue weighted by molar-refractivity contribution is 8.17. The van der Waals surface area contributed by atoms with Crippen LogP contribution in [0.1, 0.15) is 25.0 Å². The smallest absolute Gasteiger partial charge is 0.343 e. The predicted molar refractivity (Wildman–Crippen MR) is 147 cm³/mol. The van der Waals surface area contributed by atoms with Crippen LogP contribution >= 0.6 is 6.26 Å². The molecule has 184 valence electrons. The monoisotopic (exact) mass is 519 g/mol. The van der Waals surface area contributed by atoms with Crippen molar-refractivity contribution >= 4 is 47.1 Å². The van der Waals surface area contributed by atoms with Crippen LogP contribution in [0.4, 0.5) is 5.69 Å². The van der Waals surface area contributed by atoms with Crippen LogP contribution in [-0.2, 0) is 26.8 Å². The van der Waals surface area contributed by atoms with Gasteiger partial charge in [0.15, 0.2) is 6.26 Å². The number of anilines is 1. The van der Waals surface area contributed by atoms with Gasteiger partial charge in [-0.15, -0.1) is 0 Å². The molecular formula is C28H26NO5PS. The Bertz CT molecular complexity index is 1410. The quantitative estimate of drug-likeness (QED) is 0.182. The highest BCUT2D eigenvalue weighted by atomic mass is 32.4. The van der Waals surface area contributed by atoms with Gasteiger partial charge in [-0.2, -0.15) is 0 Å². The van der Waals surface area contributed by atoms with Gasteiger partial charge in [0, 0.05) is 35.0 Å². The lowest BCUT2D eigenvalue weighted by Crippen LogP contribution is -2.24. The van der Waals surface area contributed by atoms with Gasteiger partial charge >= 0.3 is 11.9 Å². The Labute approximate surface area is 215 Å². The molecule has 0 fully saturated rings. The van der Waals surface area contributed by atoms with Crippen molar-refractivity contribution in [2.24, 2.45) is 0 Å². The number of hydrogen-bond acceptors (Lipinski definition) is 5. The van der Waals surface area contributed by atoms with E-state index in [-0.39, 0.29) is 5.41 Å². The first-order valence-electron chi connectivity index (χ1n) is 11.2. The summed E-state index contributed by atoms with van der Waals surface area (Å²) in [4.78, 5) is 24.5. The van der Waals surface area contributed by atoms with E-state index in [0.29, 0.717) is 11.3 Å². The molecule has 6 nitrogen and oxygen atoms in total. The van der Waals surface area contributed by atoms with Crippen LogP contribution in [0.2, 0.25) is 0 Å². The molecule has 1 aliphatic heterocycles. The Morgan fingerprint density at radius 1 is 0.917 bits per heavy atom. The standard InChI is InChI=1S/C28H26NO5PS/c1-28(2)23-11-7-8-12-24(23)29(3)25(28)18-35(36,21-9-5-4-6-10-21)34-20-15-13-19(14-16-20)17-22(26(30)31)27(32)33/h4-18H,1-3H3,(H,30,31)(H,32,33)/b25-18+/t35-/m1/s1. The molecule has 0 aliphatic carbocycles. The van der Waals surface area contributed by atoms with E-state index in [9.17, 15) is 9.59 Å². The van der Waals surface area contributed by atoms with Gasteiger partial charge in [0.2, 0.25) is 0 Å². The number of likely N-dealkylation sites (N-methyl/N-ethyl adjacent to an activating group) is 1. The molecule has 2 N–H and O–H groups in total. The van der Waals surface area contributed by atoms with Gasteiger partial charge in [-0.05, 0) is 47.2 Å². The summed E-state index contributed by atoms with van der Waals surface area (Å²) in [6.45, 7) is 4.35. The molecule has 0 saturated carbocycles. The number of carbonyl (C=O) groups is 2. The molecule has 0 aromatic heterocycles. The third kappa shape index (κ3) is 4.85. The zero-order valence-electron chi connectivity index (χ0n) is 20.1. The molecule has 0 saturated heterocycles. The molecule has 36 heavy (non-hydrogen) atoms. The molecule has 0 bridgehead atoms. The van der Waals surface area contributed by atoms with Crippen molar-refractivity contribution in [2.75, 3.05) is 11.9 Å². The average molecular weight is 520 g/mol. The highest BCUT2D eigenvalue weighted by Crippen LogP contribution is 2.55. The molecule has 8 heteroatoms. The maximum absolute atomic E-state index is 11.2. The minimum atomic E-state index is -2.74. The molecular weight excluding hydrogens is 493 g/mol. The Morgan fingerprint density at radius 3 is 2.08 bits per heavy atom. The molecule has 1 atom stereocenters. The Morgan fingerprint density at radius 2 is 1.50 bits per heavy atom. The number of carboxylic acids is 2. The van der Waals surface area contributed by atoms with Gasteiger partial charge < -0.3 is 19.6 Å². The number of nitrogens with zero attached hydrogens (tertiary/aromatic N) is 1. The van der Waals surface area contributed by atoms with Crippen LogP contribution in [0, 0.1) is 0 Å². The van der Waals surface area contributed by atoms with E-state index < -0.39 is 23.8 Å². The molecule has 3 aromatic carbocycles. The summed E-state index contributed by atoms with van der Waals surface area (Å²) in [5, 5.41) is 19.1. The summed E-state index contributed by atoms with van der Waals surface area (Å²) in [5.41, 5.74) is 2.86. The van der Waals surface area contributed by atoms with Gasteiger partial charge in [0.05, 0.1) is 0 Å². The maximum atomic E-state index is 11.2. The summed E-state index contributed by atoms with van der Waals surface area (Å²) in [6, 6.07) is 24.6. The number of hydrogen-bond donors (Lipinski definition) is 2. The molecule has 1 heterocycles. The van der Waals surface area contributed by atoms with Crippen molar-refractivity contribution in [3.63, 3.8) is 0 Å². The van der Waals surface area contributed by atoms with E-state index in [1.54, 1.807) is 24.3 Å². The van der Waals surface area contributed by atoms with Crippen LogP contribution in [0.3, 0.4) is 0 Å².